The maximum atomic E-state index is 13.4. The molecule has 4 nitrogen and oxygen atoms in total. The van der Waals surface area contributed by atoms with Gasteiger partial charge < -0.3 is 10.2 Å². The van der Waals surface area contributed by atoms with Gasteiger partial charge >= 0.3 is 0 Å². The summed E-state index contributed by atoms with van der Waals surface area (Å²) in [6, 6.07) is 4.09. The van der Waals surface area contributed by atoms with E-state index in [0.717, 1.165) is 4.90 Å². The second-order valence-electron chi connectivity index (χ2n) is 3.46. The summed E-state index contributed by atoms with van der Waals surface area (Å²) < 4.78 is 14.0. The molecule has 0 aliphatic heterocycles. The Hall–Kier alpha value is -1.43. The van der Waals surface area contributed by atoms with Crippen molar-refractivity contribution in [2.75, 3.05) is 20.6 Å². The van der Waals surface area contributed by atoms with Crippen LogP contribution in [0.1, 0.15) is 10.4 Å². The molecule has 92 valence electrons. The van der Waals surface area contributed by atoms with Crippen LogP contribution in [0.3, 0.4) is 0 Å². The zero-order valence-corrected chi connectivity index (χ0v) is 11.0. The van der Waals surface area contributed by atoms with Crippen LogP contribution < -0.4 is 5.32 Å². The van der Waals surface area contributed by atoms with Crippen LogP contribution in [0.15, 0.2) is 22.7 Å². The van der Waals surface area contributed by atoms with E-state index in [4.69, 9.17) is 0 Å². The quantitative estimate of drug-likeness (QED) is 0.918. The third-order valence-corrected chi connectivity index (χ3v) is 2.66. The highest BCUT2D eigenvalue weighted by atomic mass is 79.9. The predicted octanol–water partition coefficient (Wildman–Crippen LogP) is 1.41. The molecule has 0 saturated heterocycles. The first-order valence-electron chi connectivity index (χ1n) is 4.86. The second-order valence-corrected chi connectivity index (χ2v) is 4.37. The monoisotopic (exact) mass is 302 g/mol. The lowest BCUT2D eigenvalue weighted by Gasteiger charge is -2.16. The highest BCUT2D eigenvalue weighted by Crippen LogP contribution is 2.16. The Kier molecular flexibility index (Phi) is 4.62. The SMILES string of the molecule is CNC(=O)CN(C)C(=O)c1cc(Br)ccc1F. The lowest BCUT2D eigenvalue weighted by atomic mass is 10.2. The zero-order chi connectivity index (χ0) is 13.0. The topological polar surface area (TPSA) is 49.4 Å². The highest BCUT2D eigenvalue weighted by molar-refractivity contribution is 9.10. The molecule has 1 N–H and O–H groups in total. The van der Waals surface area contributed by atoms with Gasteiger partial charge in [0.05, 0.1) is 12.1 Å². The predicted molar refractivity (Wildman–Crippen MR) is 65.1 cm³/mol. The molecule has 0 radical (unpaired) electrons. The van der Waals surface area contributed by atoms with Crippen molar-refractivity contribution < 1.29 is 14.0 Å². The molecule has 17 heavy (non-hydrogen) atoms. The molecule has 2 amide bonds. The lowest BCUT2D eigenvalue weighted by molar-refractivity contribution is -0.121. The van der Waals surface area contributed by atoms with Crippen LogP contribution in [-0.2, 0) is 4.79 Å². The van der Waals surface area contributed by atoms with E-state index in [1.54, 1.807) is 0 Å². The number of nitrogens with one attached hydrogen (secondary N) is 1. The zero-order valence-electron chi connectivity index (χ0n) is 9.46. The molecule has 1 aromatic carbocycles. The third-order valence-electron chi connectivity index (χ3n) is 2.17. The second kappa shape index (κ2) is 5.77. The Balaban J connectivity index is 2.88. The summed E-state index contributed by atoms with van der Waals surface area (Å²) in [5.74, 6) is -1.45. The number of halogens is 2. The number of benzene rings is 1. The van der Waals surface area contributed by atoms with Crippen molar-refractivity contribution in [1.82, 2.24) is 10.2 Å². The average Bonchev–Trinajstić information content (AvgIpc) is 2.31. The fourth-order valence-corrected chi connectivity index (χ4v) is 1.59. The Morgan fingerprint density at radius 1 is 1.47 bits per heavy atom. The molecule has 0 aromatic heterocycles. The molecule has 6 heteroatoms. The lowest BCUT2D eigenvalue weighted by Crippen LogP contribution is -2.37. The molecule has 0 atom stereocenters. The van der Waals surface area contributed by atoms with E-state index in [0.29, 0.717) is 4.47 Å². The van der Waals surface area contributed by atoms with Crippen LogP contribution in [0.4, 0.5) is 4.39 Å². The van der Waals surface area contributed by atoms with Gasteiger partial charge in [0.2, 0.25) is 5.91 Å². The highest BCUT2D eigenvalue weighted by Gasteiger charge is 2.18. The summed E-state index contributed by atoms with van der Waals surface area (Å²) in [5.41, 5.74) is -0.0641. The summed E-state index contributed by atoms with van der Waals surface area (Å²) in [5, 5.41) is 2.39. The number of amides is 2. The summed E-state index contributed by atoms with van der Waals surface area (Å²) >= 11 is 3.16. The van der Waals surface area contributed by atoms with Gasteiger partial charge in [0.25, 0.3) is 5.91 Å². The number of hydrogen-bond donors (Lipinski definition) is 1. The smallest absolute Gasteiger partial charge is 0.257 e. The van der Waals surface area contributed by atoms with Gasteiger partial charge in [0.1, 0.15) is 5.82 Å². The van der Waals surface area contributed by atoms with Crippen molar-refractivity contribution in [3.05, 3.63) is 34.1 Å². The minimum Gasteiger partial charge on any atom is -0.358 e. The molecule has 0 aliphatic rings. The Labute approximate surface area is 107 Å². The van der Waals surface area contributed by atoms with Crippen LogP contribution in [0.2, 0.25) is 0 Å². The Morgan fingerprint density at radius 3 is 2.71 bits per heavy atom. The third kappa shape index (κ3) is 3.52. The van der Waals surface area contributed by atoms with Crippen molar-refractivity contribution in [2.24, 2.45) is 0 Å². The van der Waals surface area contributed by atoms with Crippen LogP contribution in [0.5, 0.6) is 0 Å². The van der Waals surface area contributed by atoms with Crippen LogP contribution in [0.25, 0.3) is 0 Å². The van der Waals surface area contributed by atoms with Gasteiger partial charge in [0.15, 0.2) is 0 Å². The van der Waals surface area contributed by atoms with E-state index in [1.807, 2.05) is 0 Å². The van der Waals surface area contributed by atoms with Crippen molar-refractivity contribution >= 4 is 27.7 Å². The minimum atomic E-state index is -0.609. The molecule has 0 aliphatic carbocycles. The first-order chi connectivity index (χ1) is 7.95. The molecule has 1 rings (SSSR count). The van der Waals surface area contributed by atoms with Crippen molar-refractivity contribution in [1.29, 1.82) is 0 Å². The van der Waals surface area contributed by atoms with Gasteiger partial charge in [-0.05, 0) is 18.2 Å². The minimum absolute atomic E-state index is 0.0641. The maximum Gasteiger partial charge on any atom is 0.257 e. The maximum absolute atomic E-state index is 13.4. The van der Waals surface area contributed by atoms with Gasteiger partial charge in [0, 0.05) is 18.6 Å². The number of hydrogen-bond acceptors (Lipinski definition) is 2. The summed E-state index contributed by atoms with van der Waals surface area (Å²) in [4.78, 5) is 24.1. The van der Waals surface area contributed by atoms with E-state index in [9.17, 15) is 14.0 Å². The van der Waals surface area contributed by atoms with Crippen molar-refractivity contribution in [2.45, 2.75) is 0 Å². The standard InChI is InChI=1S/C11H12BrFN2O2/c1-14-10(16)6-15(2)11(17)8-5-7(12)3-4-9(8)13/h3-5H,6H2,1-2H3,(H,14,16). The van der Waals surface area contributed by atoms with Crippen LogP contribution in [-0.4, -0.2) is 37.4 Å². The number of carbonyl (C=O) groups excluding carboxylic acids is 2. The molecule has 0 bridgehead atoms. The van der Waals surface area contributed by atoms with Gasteiger partial charge in [-0.2, -0.15) is 0 Å². The van der Waals surface area contributed by atoms with E-state index in [-0.39, 0.29) is 18.0 Å². The first kappa shape index (κ1) is 13.6. The van der Waals surface area contributed by atoms with Crippen molar-refractivity contribution in [3.63, 3.8) is 0 Å². The fraction of sp³-hybridized carbons (Fsp3) is 0.273. The van der Waals surface area contributed by atoms with Gasteiger partial charge in [-0.3, -0.25) is 9.59 Å². The number of rotatable bonds is 3. The number of nitrogens with zero attached hydrogens (tertiary/aromatic N) is 1. The van der Waals surface area contributed by atoms with Gasteiger partial charge in [-0.15, -0.1) is 0 Å². The van der Waals surface area contributed by atoms with E-state index < -0.39 is 11.7 Å². The Bertz CT molecular complexity index is 451. The van der Waals surface area contributed by atoms with Crippen LogP contribution >= 0.6 is 15.9 Å². The number of likely N-dealkylation sites (N-methyl/N-ethyl adjacent to an activating group) is 2. The average molecular weight is 303 g/mol. The van der Waals surface area contributed by atoms with Crippen molar-refractivity contribution in [3.8, 4) is 0 Å². The van der Waals surface area contributed by atoms with Crippen LogP contribution in [0, 0.1) is 5.82 Å². The van der Waals surface area contributed by atoms with Gasteiger partial charge in [-0.1, -0.05) is 15.9 Å². The molecule has 1 aromatic rings. The molecule has 0 unspecified atom stereocenters. The van der Waals surface area contributed by atoms with E-state index in [2.05, 4.69) is 21.2 Å². The van der Waals surface area contributed by atoms with Gasteiger partial charge in [-0.25, -0.2) is 4.39 Å². The van der Waals surface area contributed by atoms with E-state index >= 15 is 0 Å². The Morgan fingerprint density at radius 2 is 2.12 bits per heavy atom. The largest absolute Gasteiger partial charge is 0.358 e. The summed E-state index contributed by atoms with van der Waals surface area (Å²) in [6.45, 7) is -0.110. The summed E-state index contributed by atoms with van der Waals surface area (Å²) in [7, 11) is 2.91. The molecule has 0 saturated carbocycles. The van der Waals surface area contributed by atoms with E-state index in [1.165, 1.54) is 32.3 Å². The first-order valence-corrected chi connectivity index (χ1v) is 5.66. The molecule has 0 spiro atoms. The normalized spacial score (nSPS) is 9.88. The molecular formula is C11H12BrFN2O2. The molecular weight excluding hydrogens is 291 g/mol. The summed E-state index contributed by atoms with van der Waals surface area (Å²) in [6.07, 6.45) is 0. The number of carbonyl (C=O) groups is 2. The molecule has 0 fully saturated rings. The fourth-order valence-electron chi connectivity index (χ4n) is 1.23. The molecule has 0 heterocycles.